The predicted molar refractivity (Wildman–Crippen MR) is 66.4 cm³/mol. The van der Waals surface area contributed by atoms with Gasteiger partial charge in [-0.3, -0.25) is 9.58 Å². The van der Waals surface area contributed by atoms with Crippen molar-refractivity contribution in [2.75, 3.05) is 25.9 Å². The summed E-state index contributed by atoms with van der Waals surface area (Å²) in [6.07, 6.45) is 2.68. The summed E-state index contributed by atoms with van der Waals surface area (Å²) in [4.78, 5) is 1.92. The van der Waals surface area contributed by atoms with Gasteiger partial charge in [-0.25, -0.2) is 0 Å². The number of aromatic nitrogens is 2. The highest BCUT2D eigenvalue weighted by Gasteiger charge is 2.24. The molecule has 0 aliphatic carbocycles. The lowest BCUT2D eigenvalue weighted by Gasteiger charge is -2.35. The molecule has 1 rings (SSSR count). The first-order valence-electron chi connectivity index (χ1n) is 5.63. The fraction of sp³-hybridized carbons (Fsp3) is 0.727. The summed E-state index contributed by atoms with van der Waals surface area (Å²) in [7, 11) is 1.87. The Bertz CT molecular complexity index is 351. The molecule has 4 N–H and O–H groups in total. The molecule has 0 saturated carbocycles. The number of rotatable bonds is 6. The van der Waals surface area contributed by atoms with E-state index in [0.717, 1.165) is 0 Å². The van der Waals surface area contributed by atoms with E-state index in [1.54, 1.807) is 17.1 Å². The molecule has 0 radical (unpaired) electrons. The Morgan fingerprint density at radius 3 is 2.71 bits per heavy atom. The Labute approximate surface area is 102 Å². The van der Waals surface area contributed by atoms with Crippen LogP contribution in [0.3, 0.4) is 0 Å². The van der Waals surface area contributed by atoms with Crippen LogP contribution in [0.2, 0.25) is 0 Å². The van der Waals surface area contributed by atoms with Crippen LogP contribution in [0.4, 0.5) is 5.69 Å². The van der Waals surface area contributed by atoms with E-state index in [9.17, 15) is 10.2 Å². The zero-order valence-corrected chi connectivity index (χ0v) is 10.7. The molecule has 0 aliphatic rings. The second-order valence-corrected chi connectivity index (χ2v) is 5.00. The quantitative estimate of drug-likeness (QED) is 0.627. The Kier molecular flexibility index (Phi) is 4.50. The zero-order chi connectivity index (χ0) is 13.1. The van der Waals surface area contributed by atoms with Gasteiger partial charge in [0.2, 0.25) is 0 Å². The fourth-order valence-electron chi connectivity index (χ4n) is 1.44. The van der Waals surface area contributed by atoms with E-state index in [1.807, 2.05) is 25.8 Å². The third-order valence-electron chi connectivity index (χ3n) is 2.96. The van der Waals surface area contributed by atoms with Crippen molar-refractivity contribution >= 4 is 5.69 Å². The molecule has 1 aromatic heterocycles. The van der Waals surface area contributed by atoms with Gasteiger partial charge in [-0.2, -0.15) is 5.10 Å². The van der Waals surface area contributed by atoms with Gasteiger partial charge in [0.05, 0.1) is 31.1 Å². The van der Waals surface area contributed by atoms with Crippen LogP contribution in [0.25, 0.3) is 0 Å². The maximum atomic E-state index is 9.92. The number of aliphatic hydroxyl groups is 2. The largest absolute Gasteiger partial charge is 0.396 e. The number of anilines is 1. The lowest BCUT2D eigenvalue weighted by atomic mass is 10.0. The maximum absolute atomic E-state index is 9.92. The van der Waals surface area contributed by atoms with Crippen molar-refractivity contribution in [1.82, 2.24) is 14.7 Å². The van der Waals surface area contributed by atoms with Gasteiger partial charge in [0.1, 0.15) is 0 Å². The van der Waals surface area contributed by atoms with Gasteiger partial charge in [-0.15, -0.1) is 0 Å². The van der Waals surface area contributed by atoms with Crippen molar-refractivity contribution in [3.63, 3.8) is 0 Å². The van der Waals surface area contributed by atoms with E-state index in [1.165, 1.54) is 0 Å². The molecule has 1 unspecified atom stereocenters. The van der Waals surface area contributed by atoms with Crippen LogP contribution in [0.15, 0.2) is 12.4 Å². The summed E-state index contributed by atoms with van der Waals surface area (Å²) in [5.41, 5.74) is 5.78. The molecule has 1 aromatic rings. The van der Waals surface area contributed by atoms with Gasteiger partial charge in [0, 0.05) is 18.3 Å². The van der Waals surface area contributed by atoms with Crippen molar-refractivity contribution in [3.05, 3.63) is 12.4 Å². The van der Waals surface area contributed by atoms with Crippen LogP contribution in [-0.4, -0.2) is 56.7 Å². The first-order valence-corrected chi connectivity index (χ1v) is 5.63. The molecule has 1 atom stereocenters. The minimum absolute atomic E-state index is 0.0466. The molecule has 6 nitrogen and oxygen atoms in total. The van der Waals surface area contributed by atoms with Crippen LogP contribution in [0.1, 0.15) is 13.8 Å². The predicted octanol–water partition coefficient (Wildman–Crippen LogP) is -0.471. The summed E-state index contributed by atoms with van der Waals surface area (Å²) in [5, 5.41) is 23.1. The van der Waals surface area contributed by atoms with Gasteiger partial charge in [0.15, 0.2) is 0 Å². The van der Waals surface area contributed by atoms with Gasteiger partial charge in [0.25, 0.3) is 0 Å². The minimum Gasteiger partial charge on any atom is -0.396 e. The highest BCUT2D eigenvalue weighted by atomic mass is 16.3. The lowest BCUT2D eigenvalue weighted by molar-refractivity contribution is 0.0297. The highest BCUT2D eigenvalue weighted by Crippen LogP contribution is 2.11. The van der Waals surface area contributed by atoms with Crippen LogP contribution >= 0.6 is 0 Å². The molecule has 0 bridgehead atoms. The summed E-state index contributed by atoms with van der Waals surface area (Å²) in [6, 6.07) is 0. The molecule has 0 amide bonds. The molecule has 0 aliphatic heterocycles. The van der Waals surface area contributed by atoms with Gasteiger partial charge < -0.3 is 15.9 Å². The molecule has 6 heteroatoms. The molecule has 0 aromatic carbocycles. The number of nitrogens with zero attached hydrogens (tertiary/aromatic N) is 3. The van der Waals surface area contributed by atoms with Gasteiger partial charge in [-0.05, 0) is 20.9 Å². The Hall–Kier alpha value is -1.11. The number of nitrogens with two attached hydrogens (primary N) is 1. The normalized spacial score (nSPS) is 14.2. The van der Waals surface area contributed by atoms with Crippen LogP contribution < -0.4 is 5.73 Å². The minimum atomic E-state index is -0.551. The summed E-state index contributed by atoms with van der Waals surface area (Å²) >= 11 is 0. The third kappa shape index (κ3) is 3.99. The van der Waals surface area contributed by atoms with Crippen molar-refractivity contribution in [2.45, 2.75) is 32.0 Å². The molecule has 0 fully saturated rings. The van der Waals surface area contributed by atoms with Crippen molar-refractivity contribution < 1.29 is 10.2 Å². The number of aliphatic hydroxyl groups excluding tert-OH is 2. The topological polar surface area (TPSA) is 87.5 Å². The van der Waals surface area contributed by atoms with Crippen LogP contribution in [-0.2, 0) is 6.54 Å². The second-order valence-electron chi connectivity index (χ2n) is 5.00. The smallest absolute Gasteiger partial charge is 0.0862 e. The second kappa shape index (κ2) is 5.48. The first kappa shape index (κ1) is 14.0. The number of hydrogen-bond donors (Lipinski definition) is 3. The van der Waals surface area contributed by atoms with E-state index in [-0.39, 0.29) is 12.1 Å². The number of hydrogen-bond acceptors (Lipinski definition) is 5. The van der Waals surface area contributed by atoms with Crippen molar-refractivity contribution in [2.24, 2.45) is 0 Å². The lowest BCUT2D eigenvalue weighted by Crippen LogP contribution is -2.48. The number of nitrogen functional groups attached to an aromatic ring is 1. The Balaban J connectivity index is 2.47. The van der Waals surface area contributed by atoms with Gasteiger partial charge >= 0.3 is 0 Å². The fourth-order valence-corrected chi connectivity index (χ4v) is 1.44. The molecule has 0 saturated heterocycles. The molecular weight excluding hydrogens is 220 g/mol. The maximum Gasteiger partial charge on any atom is 0.0862 e. The monoisotopic (exact) mass is 242 g/mol. The highest BCUT2D eigenvalue weighted by molar-refractivity contribution is 5.30. The molecule has 1 heterocycles. The zero-order valence-electron chi connectivity index (χ0n) is 10.7. The molecule has 0 spiro atoms. The van der Waals surface area contributed by atoms with E-state index in [2.05, 4.69) is 5.10 Å². The number of likely N-dealkylation sites (N-methyl/N-ethyl adjacent to an activating group) is 1. The van der Waals surface area contributed by atoms with Crippen molar-refractivity contribution in [1.29, 1.82) is 0 Å². The molecule has 17 heavy (non-hydrogen) atoms. The average molecular weight is 242 g/mol. The Morgan fingerprint density at radius 1 is 1.59 bits per heavy atom. The van der Waals surface area contributed by atoms with E-state index < -0.39 is 6.10 Å². The van der Waals surface area contributed by atoms with E-state index >= 15 is 0 Å². The van der Waals surface area contributed by atoms with Crippen LogP contribution in [0, 0.1) is 0 Å². The SMILES string of the molecule is CN(CC(O)Cn1cc(N)cn1)C(C)(C)CO. The summed E-state index contributed by atoms with van der Waals surface area (Å²) < 4.78 is 1.61. The third-order valence-corrected chi connectivity index (χ3v) is 2.96. The summed E-state index contributed by atoms with van der Waals surface area (Å²) in [6.45, 7) is 4.75. The Morgan fingerprint density at radius 2 is 2.24 bits per heavy atom. The molecule has 98 valence electrons. The van der Waals surface area contributed by atoms with Crippen LogP contribution in [0.5, 0.6) is 0 Å². The average Bonchev–Trinajstić information content (AvgIpc) is 2.63. The van der Waals surface area contributed by atoms with E-state index in [4.69, 9.17) is 5.73 Å². The standard InChI is InChI=1S/C11H22N4O2/c1-11(2,8-16)14(3)6-10(17)7-15-5-9(12)4-13-15/h4-5,10,16-17H,6-8,12H2,1-3H3. The van der Waals surface area contributed by atoms with E-state index in [0.29, 0.717) is 18.8 Å². The van der Waals surface area contributed by atoms with Gasteiger partial charge in [-0.1, -0.05) is 0 Å². The molecular formula is C11H22N4O2. The summed E-state index contributed by atoms with van der Waals surface area (Å²) in [5.74, 6) is 0. The van der Waals surface area contributed by atoms with Crippen molar-refractivity contribution in [3.8, 4) is 0 Å². The number of β-amino-alcohol motifs (C(OH)–C–C–N with tert-alkyl or cyclic N) is 1. The first-order chi connectivity index (χ1) is 7.85.